The Bertz CT molecular complexity index is 948. The van der Waals surface area contributed by atoms with Crippen LogP contribution in [0.15, 0.2) is 42.5 Å². The summed E-state index contributed by atoms with van der Waals surface area (Å²) in [4.78, 5) is 27.9. The lowest BCUT2D eigenvalue weighted by molar-refractivity contribution is -0.143. The van der Waals surface area contributed by atoms with Crippen LogP contribution in [0.4, 0.5) is 0 Å². The Morgan fingerprint density at radius 2 is 1.81 bits per heavy atom. The van der Waals surface area contributed by atoms with Crippen molar-refractivity contribution in [3.8, 4) is 5.75 Å². The second kappa shape index (κ2) is 11.8. The van der Waals surface area contributed by atoms with Gasteiger partial charge in [-0.05, 0) is 55.2 Å². The maximum absolute atomic E-state index is 13.2. The van der Waals surface area contributed by atoms with Crippen LogP contribution < -0.4 is 10.1 Å². The molecule has 0 unspecified atom stereocenters. The predicted molar refractivity (Wildman–Crippen MR) is 128 cm³/mol. The molecule has 0 saturated heterocycles. The molecule has 1 saturated carbocycles. The lowest BCUT2D eigenvalue weighted by Crippen LogP contribution is -2.52. The van der Waals surface area contributed by atoms with Crippen molar-refractivity contribution in [2.45, 2.75) is 57.7 Å². The molecule has 2 aromatic carbocycles. The minimum Gasteiger partial charge on any atom is -0.484 e. The Morgan fingerprint density at radius 1 is 1.09 bits per heavy atom. The lowest BCUT2D eigenvalue weighted by Gasteiger charge is -2.31. The van der Waals surface area contributed by atoms with Gasteiger partial charge in [-0.25, -0.2) is 0 Å². The summed E-state index contributed by atoms with van der Waals surface area (Å²) in [6.45, 7) is 1.84. The third-order valence-electron chi connectivity index (χ3n) is 5.60. The number of rotatable bonds is 9. The number of hydrogen-bond acceptors (Lipinski definition) is 3. The van der Waals surface area contributed by atoms with Gasteiger partial charge in [-0.15, -0.1) is 0 Å². The van der Waals surface area contributed by atoms with Crippen molar-refractivity contribution in [2.24, 2.45) is 0 Å². The molecule has 1 aliphatic rings. The normalized spacial score (nSPS) is 14.8. The van der Waals surface area contributed by atoms with Gasteiger partial charge in [-0.2, -0.15) is 0 Å². The smallest absolute Gasteiger partial charge is 0.261 e. The number of carbonyl (C=O) groups is 2. The van der Waals surface area contributed by atoms with E-state index in [4.69, 9.17) is 39.5 Å². The van der Waals surface area contributed by atoms with Crippen LogP contribution in [0.25, 0.3) is 0 Å². The van der Waals surface area contributed by atoms with Crippen molar-refractivity contribution in [2.75, 3.05) is 6.61 Å². The Kier molecular flexibility index (Phi) is 9.09. The number of hydrogen-bond donors (Lipinski definition) is 1. The van der Waals surface area contributed by atoms with Gasteiger partial charge in [0.15, 0.2) is 6.61 Å². The summed E-state index contributed by atoms with van der Waals surface area (Å²) in [5.41, 5.74) is 0.708. The molecular weight excluding hydrogens is 471 g/mol. The standard InChI is InChI=1S/C24H27Cl3N2O3/c1-2-22(24(31)28-19-7-3-4-8-19)29(14-16-10-11-18(26)13-21(16)27)23(30)15-32-20-9-5-6-17(25)12-20/h5-6,9-13,19,22H,2-4,7-8,14-15H2,1H3,(H,28,31)/t22-/m0/s1. The number of ether oxygens (including phenoxy) is 1. The molecular formula is C24H27Cl3N2O3. The van der Waals surface area contributed by atoms with E-state index in [-0.39, 0.29) is 31.0 Å². The average Bonchev–Trinajstić information content (AvgIpc) is 3.26. The quantitative estimate of drug-likeness (QED) is 0.470. The Hall–Kier alpha value is -1.95. The molecule has 2 aromatic rings. The molecule has 32 heavy (non-hydrogen) atoms. The van der Waals surface area contributed by atoms with E-state index in [0.717, 1.165) is 25.7 Å². The fraction of sp³-hybridized carbons (Fsp3) is 0.417. The third-order valence-corrected chi connectivity index (χ3v) is 6.42. The second-order valence-corrected chi connectivity index (χ2v) is 9.20. The predicted octanol–water partition coefficient (Wildman–Crippen LogP) is 5.89. The number of carbonyl (C=O) groups excluding carboxylic acids is 2. The monoisotopic (exact) mass is 496 g/mol. The molecule has 0 bridgehead atoms. The molecule has 0 aliphatic heterocycles. The summed E-state index contributed by atoms with van der Waals surface area (Å²) >= 11 is 18.4. The van der Waals surface area contributed by atoms with Crippen molar-refractivity contribution >= 4 is 46.6 Å². The fourth-order valence-electron chi connectivity index (χ4n) is 3.91. The minimum atomic E-state index is -0.641. The molecule has 2 amide bonds. The van der Waals surface area contributed by atoms with E-state index in [9.17, 15) is 9.59 Å². The fourth-order valence-corrected chi connectivity index (χ4v) is 4.55. The van der Waals surface area contributed by atoms with E-state index in [1.54, 1.807) is 42.5 Å². The summed E-state index contributed by atoms with van der Waals surface area (Å²) in [5, 5.41) is 4.57. The maximum atomic E-state index is 13.2. The van der Waals surface area contributed by atoms with Crippen molar-refractivity contribution in [1.29, 1.82) is 0 Å². The van der Waals surface area contributed by atoms with Gasteiger partial charge in [-0.3, -0.25) is 9.59 Å². The molecule has 1 atom stereocenters. The number of nitrogens with one attached hydrogen (secondary N) is 1. The first-order valence-corrected chi connectivity index (χ1v) is 11.9. The summed E-state index contributed by atoms with van der Waals surface area (Å²) in [6, 6.07) is 11.5. The first-order chi connectivity index (χ1) is 15.4. The average molecular weight is 498 g/mol. The lowest BCUT2D eigenvalue weighted by atomic mass is 10.1. The number of halogens is 3. The molecule has 0 radical (unpaired) electrons. The van der Waals surface area contributed by atoms with E-state index in [1.165, 1.54) is 4.90 Å². The highest BCUT2D eigenvalue weighted by Crippen LogP contribution is 2.25. The van der Waals surface area contributed by atoms with E-state index >= 15 is 0 Å². The van der Waals surface area contributed by atoms with Gasteiger partial charge in [-0.1, -0.05) is 66.7 Å². The van der Waals surface area contributed by atoms with Crippen LogP contribution in [0, 0.1) is 0 Å². The maximum Gasteiger partial charge on any atom is 0.261 e. The topological polar surface area (TPSA) is 58.6 Å². The summed E-state index contributed by atoms with van der Waals surface area (Å²) < 4.78 is 5.66. The van der Waals surface area contributed by atoms with Crippen LogP contribution >= 0.6 is 34.8 Å². The van der Waals surface area contributed by atoms with Crippen LogP contribution in [-0.2, 0) is 16.1 Å². The van der Waals surface area contributed by atoms with Gasteiger partial charge in [0.2, 0.25) is 5.91 Å². The zero-order valence-corrected chi connectivity index (χ0v) is 20.2. The van der Waals surface area contributed by atoms with Crippen molar-refractivity contribution in [1.82, 2.24) is 10.2 Å². The summed E-state index contributed by atoms with van der Waals surface area (Å²) in [5.74, 6) is 0.0174. The van der Waals surface area contributed by atoms with Crippen molar-refractivity contribution in [3.63, 3.8) is 0 Å². The van der Waals surface area contributed by atoms with Gasteiger partial charge >= 0.3 is 0 Å². The van der Waals surface area contributed by atoms with Crippen LogP contribution in [0.3, 0.4) is 0 Å². The molecule has 0 spiro atoms. The molecule has 5 nitrogen and oxygen atoms in total. The zero-order valence-electron chi connectivity index (χ0n) is 18.0. The van der Waals surface area contributed by atoms with Gasteiger partial charge in [0.1, 0.15) is 11.8 Å². The summed E-state index contributed by atoms with van der Waals surface area (Å²) in [7, 11) is 0. The second-order valence-electron chi connectivity index (χ2n) is 7.92. The number of nitrogens with zero attached hydrogens (tertiary/aromatic N) is 1. The molecule has 0 aromatic heterocycles. The molecule has 1 N–H and O–H groups in total. The molecule has 0 heterocycles. The van der Waals surface area contributed by atoms with E-state index < -0.39 is 6.04 Å². The van der Waals surface area contributed by atoms with Gasteiger partial charge in [0, 0.05) is 27.7 Å². The van der Waals surface area contributed by atoms with Crippen molar-refractivity contribution in [3.05, 3.63) is 63.1 Å². The molecule has 3 rings (SSSR count). The minimum absolute atomic E-state index is 0.152. The highest BCUT2D eigenvalue weighted by Gasteiger charge is 2.31. The first kappa shape index (κ1) is 24.7. The molecule has 172 valence electrons. The Morgan fingerprint density at radius 3 is 2.47 bits per heavy atom. The highest BCUT2D eigenvalue weighted by atomic mass is 35.5. The Labute approximate surface area is 204 Å². The zero-order chi connectivity index (χ0) is 23.1. The largest absolute Gasteiger partial charge is 0.484 e. The number of benzene rings is 2. The van der Waals surface area contributed by atoms with E-state index in [1.807, 2.05) is 6.92 Å². The molecule has 1 fully saturated rings. The molecule has 1 aliphatic carbocycles. The first-order valence-electron chi connectivity index (χ1n) is 10.8. The Balaban J connectivity index is 1.79. The van der Waals surface area contributed by atoms with Crippen molar-refractivity contribution < 1.29 is 14.3 Å². The van der Waals surface area contributed by atoms with Crippen LogP contribution in [0.2, 0.25) is 15.1 Å². The van der Waals surface area contributed by atoms with Gasteiger partial charge < -0.3 is 15.0 Å². The van der Waals surface area contributed by atoms with Crippen LogP contribution in [0.5, 0.6) is 5.75 Å². The van der Waals surface area contributed by atoms with Gasteiger partial charge in [0.25, 0.3) is 5.91 Å². The highest BCUT2D eigenvalue weighted by molar-refractivity contribution is 6.35. The van der Waals surface area contributed by atoms with E-state index in [2.05, 4.69) is 5.32 Å². The number of amides is 2. The van der Waals surface area contributed by atoms with E-state index in [0.29, 0.717) is 32.8 Å². The van der Waals surface area contributed by atoms with Crippen LogP contribution in [0.1, 0.15) is 44.6 Å². The third kappa shape index (κ3) is 6.77. The summed E-state index contributed by atoms with van der Waals surface area (Å²) in [6.07, 6.45) is 4.62. The SMILES string of the molecule is CC[C@@H](C(=O)NC1CCCC1)N(Cc1ccc(Cl)cc1Cl)C(=O)COc1cccc(Cl)c1. The van der Waals surface area contributed by atoms with Gasteiger partial charge in [0.05, 0.1) is 0 Å². The molecule has 8 heteroatoms. The van der Waals surface area contributed by atoms with Crippen LogP contribution in [-0.4, -0.2) is 35.4 Å².